The first-order chi connectivity index (χ1) is 10.0. The summed E-state index contributed by atoms with van der Waals surface area (Å²) in [5.41, 5.74) is -0.837. The van der Waals surface area contributed by atoms with Gasteiger partial charge in [0.05, 0.1) is 11.6 Å². The Morgan fingerprint density at radius 3 is 2.95 bits per heavy atom. The van der Waals surface area contributed by atoms with E-state index in [1.54, 1.807) is 28.9 Å². The van der Waals surface area contributed by atoms with Crippen molar-refractivity contribution in [2.75, 3.05) is 19.6 Å². The quantitative estimate of drug-likeness (QED) is 0.773. The van der Waals surface area contributed by atoms with Crippen LogP contribution in [0.25, 0.3) is 0 Å². The Morgan fingerprint density at radius 2 is 2.29 bits per heavy atom. The number of urea groups is 1. The molecule has 0 aromatic carbocycles. The van der Waals surface area contributed by atoms with Gasteiger partial charge in [-0.25, -0.2) is 4.79 Å². The van der Waals surface area contributed by atoms with Crippen molar-refractivity contribution in [2.24, 2.45) is 5.41 Å². The maximum absolute atomic E-state index is 12.1. The van der Waals surface area contributed by atoms with E-state index in [4.69, 9.17) is 0 Å². The number of rotatable bonds is 5. The van der Waals surface area contributed by atoms with Gasteiger partial charge in [-0.1, -0.05) is 5.21 Å². The molecule has 0 aliphatic carbocycles. The highest BCUT2D eigenvalue weighted by molar-refractivity contribution is 5.78. The van der Waals surface area contributed by atoms with E-state index in [0.717, 1.165) is 12.8 Å². The molecule has 1 saturated heterocycles. The van der Waals surface area contributed by atoms with Crippen molar-refractivity contribution in [1.29, 1.82) is 0 Å². The molecule has 0 spiro atoms. The van der Waals surface area contributed by atoms with E-state index in [1.165, 1.54) is 0 Å². The lowest BCUT2D eigenvalue weighted by Gasteiger charge is -2.37. The first-order valence-electron chi connectivity index (χ1n) is 7.11. The number of carboxylic acid groups (broad SMARTS) is 1. The van der Waals surface area contributed by atoms with E-state index in [1.807, 2.05) is 0 Å². The Hall–Kier alpha value is -2.12. The van der Waals surface area contributed by atoms with Gasteiger partial charge in [0, 0.05) is 32.4 Å². The van der Waals surface area contributed by atoms with Crippen LogP contribution < -0.4 is 5.32 Å². The van der Waals surface area contributed by atoms with Crippen LogP contribution in [0.3, 0.4) is 0 Å². The van der Waals surface area contributed by atoms with Crippen LogP contribution in [0.2, 0.25) is 0 Å². The van der Waals surface area contributed by atoms with E-state index >= 15 is 0 Å². The smallest absolute Gasteiger partial charge is 0.317 e. The SMILES string of the molecule is CC1(C(=O)O)CCCN(C(=O)NCCCn2ccnn2)C1. The van der Waals surface area contributed by atoms with Crippen LogP contribution in [0.1, 0.15) is 26.2 Å². The summed E-state index contributed by atoms with van der Waals surface area (Å²) in [6, 6.07) is -0.194. The molecule has 1 fully saturated rings. The second-order valence-corrected chi connectivity index (χ2v) is 5.64. The molecule has 0 radical (unpaired) electrons. The molecule has 2 rings (SSSR count). The minimum absolute atomic E-state index is 0.194. The van der Waals surface area contributed by atoms with Gasteiger partial charge in [-0.15, -0.1) is 5.10 Å². The van der Waals surface area contributed by atoms with Crippen molar-refractivity contribution >= 4 is 12.0 Å². The third-order valence-electron chi connectivity index (χ3n) is 3.81. The number of aromatic nitrogens is 3. The minimum atomic E-state index is -0.841. The van der Waals surface area contributed by atoms with Gasteiger partial charge in [0.1, 0.15) is 0 Å². The average molecular weight is 295 g/mol. The lowest BCUT2D eigenvalue weighted by atomic mass is 9.82. The van der Waals surface area contributed by atoms with Crippen LogP contribution in [0.5, 0.6) is 0 Å². The molecular formula is C13H21N5O3. The minimum Gasteiger partial charge on any atom is -0.481 e. The van der Waals surface area contributed by atoms with E-state index in [2.05, 4.69) is 15.6 Å². The van der Waals surface area contributed by atoms with Gasteiger partial charge in [-0.3, -0.25) is 9.48 Å². The van der Waals surface area contributed by atoms with Crippen molar-refractivity contribution < 1.29 is 14.7 Å². The van der Waals surface area contributed by atoms with E-state index in [9.17, 15) is 14.7 Å². The number of carboxylic acids is 1. The summed E-state index contributed by atoms with van der Waals surface area (Å²) in [7, 11) is 0. The zero-order valence-electron chi connectivity index (χ0n) is 12.2. The molecule has 0 saturated carbocycles. The van der Waals surface area contributed by atoms with Crippen LogP contribution in [-0.4, -0.2) is 56.6 Å². The molecule has 2 heterocycles. The lowest BCUT2D eigenvalue weighted by molar-refractivity contribution is -0.150. The normalized spacial score (nSPS) is 22.0. The zero-order chi connectivity index (χ0) is 15.3. The molecular weight excluding hydrogens is 274 g/mol. The predicted molar refractivity (Wildman–Crippen MR) is 74.6 cm³/mol. The third kappa shape index (κ3) is 3.93. The first kappa shape index (κ1) is 15.3. The molecule has 1 atom stereocenters. The van der Waals surface area contributed by atoms with E-state index in [0.29, 0.717) is 26.1 Å². The van der Waals surface area contributed by atoms with Gasteiger partial charge in [0.2, 0.25) is 0 Å². The Bertz CT molecular complexity index is 490. The number of aliphatic carboxylic acids is 1. The monoisotopic (exact) mass is 295 g/mol. The number of amides is 2. The Balaban J connectivity index is 1.74. The summed E-state index contributed by atoms with van der Waals surface area (Å²) in [6.45, 7) is 3.78. The summed E-state index contributed by atoms with van der Waals surface area (Å²) in [5.74, 6) is -0.841. The van der Waals surface area contributed by atoms with Crippen molar-refractivity contribution in [1.82, 2.24) is 25.2 Å². The van der Waals surface area contributed by atoms with Gasteiger partial charge >= 0.3 is 12.0 Å². The standard InChI is InChI=1S/C13H21N5O3/c1-13(11(19)20)4-2-7-17(10-13)12(21)14-5-3-8-18-9-6-15-16-18/h6,9H,2-5,7-8,10H2,1H3,(H,14,21)(H,19,20). The van der Waals surface area contributed by atoms with E-state index in [-0.39, 0.29) is 12.6 Å². The van der Waals surface area contributed by atoms with Crippen LogP contribution in [0.4, 0.5) is 4.79 Å². The molecule has 1 unspecified atom stereocenters. The number of aryl methyl sites for hydroxylation is 1. The van der Waals surface area contributed by atoms with Crippen molar-refractivity contribution in [3.63, 3.8) is 0 Å². The van der Waals surface area contributed by atoms with Gasteiger partial charge in [-0.2, -0.15) is 0 Å². The Kier molecular flexibility index (Phi) is 4.77. The number of carbonyl (C=O) groups is 2. The third-order valence-corrected chi connectivity index (χ3v) is 3.81. The predicted octanol–water partition coefficient (Wildman–Crippen LogP) is 0.564. The van der Waals surface area contributed by atoms with Crippen LogP contribution in [-0.2, 0) is 11.3 Å². The summed E-state index contributed by atoms with van der Waals surface area (Å²) in [4.78, 5) is 24.9. The molecule has 1 aromatic heterocycles. The second kappa shape index (κ2) is 6.55. The second-order valence-electron chi connectivity index (χ2n) is 5.64. The van der Waals surface area contributed by atoms with Gasteiger partial charge in [-0.05, 0) is 26.2 Å². The maximum atomic E-state index is 12.1. The van der Waals surface area contributed by atoms with Gasteiger partial charge < -0.3 is 15.3 Å². The van der Waals surface area contributed by atoms with Crippen molar-refractivity contribution in [2.45, 2.75) is 32.7 Å². The number of nitrogens with one attached hydrogen (secondary N) is 1. The highest BCUT2D eigenvalue weighted by Gasteiger charge is 2.39. The van der Waals surface area contributed by atoms with Crippen LogP contribution in [0, 0.1) is 5.41 Å². The number of likely N-dealkylation sites (tertiary alicyclic amines) is 1. The average Bonchev–Trinajstić information content (AvgIpc) is 2.96. The first-order valence-corrected chi connectivity index (χ1v) is 7.11. The Labute approximate surface area is 123 Å². The van der Waals surface area contributed by atoms with Gasteiger partial charge in [0.25, 0.3) is 0 Å². The fourth-order valence-electron chi connectivity index (χ4n) is 2.49. The molecule has 116 valence electrons. The zero-order valence-corrected chi connectivity index (χ0v) is 12.2. The number of piperidine rings is 1. The molecule has 1 aliphatic rings. The molecule has 8 heteroatoms. The van der Waals surface area contributed by atoms with Gasteiger partial charge in [0.15, 0.2) is 0 Å². The largest absolute Gasteiger partial charge is 0.481 e. The van der Waals surface area contributed by atoms with Crippen molar-refractivity contribution in [3.8, 4) is 0 Å². The maximum Gasteiger partial charge on any atom is 0.317 e. The number of carbonyl (C=O) groups excluding carboxylic acids is 1. The number of nitrogens with zero attached hydrogens (tertiary/aromatic N) is 4. The molecule has 21 heavy (non-hydrogen) atoms. The summed E-state index contributed by atoms with van der Waals surface area (Å²) in [6.07, 6.45) is 5.45. The highest BCUT2D eigenvalue weighted by atomic mass is 16.4. The van der Waals surface area contributed by atoms with Crippen LogP contribution in [0.15, 0.2) is 12.4 Å². The highest BCUT2D eigenvalue weighted by Crippen LogP contribution is 2.29. The molecule has 1 aliphatic heterocycles. The number of hydrogen-bond acceptors (Lipinski definition) is 4. The molecule has 1 aromatic rings. The number of hydrogen-bond donors (Lipinski definition) is 2. The summed E-state index contributed by atoms with van der Waals surface area (Å²) in [5, 5.41) is 19.6. The van der Waals surface area contributed by atoms with E-state index < -0.39 is 11.4 Å². The Morgan fingerprint density at radius 1 is 1.48 bits per heavy atom. The topological polar surface area (TPSA) is 100 Å². The molecule has 8 nitrogen and oxygen atoms in total. The lowest BCUT2D eigenvalue weighted by Crippen LogP contribution is -2.51. The van der Waals surface area contributed by atoms with Crippen molar-refractivity contribution in [3.05, 3.63) is 12.4 Å². The molecule has 2 N–H and O–H groups in total. The molecule has 0 bridgehead atoms. The fourth-order valence-corrected chi connectivity index (χ4v) is 2.49. The fraction of sp³-hybridized carbons (Fsp3) is 0.692. The van der Waals surface area contributed by atoms with Crippen LogP contribution >= 0.6 is 0 Å². The summed E-state index contributed by atoms with van der Waals surface area (Å²) < 4.78 is 1.70. The summed E-state index contributed by atoms with van der Waals surface area (Å²) >= 11 is 0. The molecule has 2 amide bonds.